The summed E-state index contributed by atoms with van der Waals surface area (Å²) >= 11 is 0. The van der Waals surface area contributed by atoms with Gasteiger partial charge in [0.05, 0.1) is 6.33 Å². The Balaban J connectivity index is 1.60. The van der Waals surface area contributed by atoms with Crippen LogP contribution < -0.4 is 4.90 Å². The van der Waals surface area contributed by atoms with E-state index in [0.717, 1.165) is 11.3 Å². The third-order valence-electron chi connectivity index (χ3n) is 4.43. The largest absolute Gasteiger partial charge is 0.355 e. The van der Waals surface area contributed by atoms with Crippen LogP contribution in [0.4, 0.5) is 14.6 Å². The number of imidazole rings is 1. The van der Waals surface area contributed by atoms with Crippen LogP contribution in [-0.4, -0.2) is 38.9 Å². The molecule has 0 atom stereocenters. The van der Waals surface area contributed by atoms with Gasteiger partial charge in [0.1, 0.15) is 11.8 Å². The van der Waals surface area contributed by atoms with Gasteiger partial charge in [-0.2, -0.15) is 0 Å². The molecule has 1 N–H and O–H groups in total. The number of fused-ring (bicyclic) bond motifs is 1. The third kappa shape index (κ3) is 1.47. The molecule has 2 aromatic rings. The molecule has 7 heteroatoms. The average molecular weight is 265 g/mol. The second-order valence-corrected chi connectivity index (χ2v) is 5.45. The number of rotatable bonds is 1. The highest BCUT2D eigenvalue weighted by Gasteiger charge is 2.70. The van der Waals surface area contributed by atoms with E-state index in [0.29, 0.717) is 31.6 Å². The maximum Gasteiger partial charge on any atom is 0.254 e. The van der Waals surface area contributed by atoms with Crippen LogP contribution in [0.1, 0.15) is 19.3 Å². The third-order valence-corrected chi connectivity index (χ3v) is 4.43. The highest BCUT2D eigenvalue weighted by atomic mass is 19.3. The summed E-state index contributed by atoms with van der Waals surface area (Å²) in [5.41, 5.74) is 0.659. The fourth-order valence-electron chi connectivity index (χ4n) is 3.06. The van der Waals surface area contributed by atoms with Crippen molar-refractivity contribution < 1.29 is 8.78 Å². The molecule has 0 aromatic carbocycles. The maximum atomic E-state index is 13.3. The highest BCUT2D eigenvalue weighted by molar-refractivity contribution is 5.82. The minimum Gasteiger partial charge on any atom is -0.355 e. The van der Waals surface area contributed by atoms with Crippen molar-refractivity contribution in [1.29, 1.82) is 0 Å². The number of H-pyrrole nitrogens is 1. The molecule has 1 saturated carbocycles. The van der Waals surface area contributed by atoms with E-state index in [4.69, 9.17) is 0 Å². The molecular formula is C12H13F2N5. The summed E-state index contributed by atoms with van der Waals surface area (Å²) in [4.78, 5) is 17.5. The van der Waals surface area contributed by atoms with E-state index in [1.807, 2.05) is 4.90 Å². The fourth-order valence-corrected chi connectivity index (χ4v) is 3.06. The normalized spacial score (nSPS) is 24.0. The molecule has 1 aliphatic heterocycles. The van der Waals surface area contributed by atoms with Gasteiger partial charge in [-0.15, -0.1) is 0 Å². The topological polar surface area (TPSA) is 57.7 Å². The Labute approximate surface area is 108 Å². The Morgan fingerprint density at radius 1 is 1.16 bits per heavy atom. The first-order valence-corrected chi connectivity index (χ1v) is 6.38. The number of aromatic nitrogens is 4. The number of nitrogens with one attached hydrogen (secondary N) is 1. The van der Waals surface area contributed by atoms with Crippen LogP contribution >= 0.6 is 0 Å². The van der Waals surface area contributed by atoms with Crippen molar-refractivity contribution >= 4 is 17.0 Å². The zero-order chi connectivity index (χ0) is 13.1. The van der Waals surface area contributed by atoms with Gasteiger partial charge >= 0.3 is 0 Å². The van der Waals surface area contributed by atoms with E-state index < -0.39 is 11.3 Å². The van der Waals surface area contributed by atoms with Crippen LogP contribution in [0, 0.1) is 5.41 Å². The van der Waals surface area contributed by atoms with Crippen molar-refractivity contribution in [3.05, 3.63) is 12.7 Å². The smallest absolute Gasteiger partial charge is 0.254 e. The average Bonchev–Trinajstić information content (AvgIpc) is 2.79. The van der Waals surface area contributed by atoms with Gasteiger partial charge in [-0.05, 0) is 12.8 Å². The molecular weight excluding hydrogens is 252 g/mol. The van der Waals surface area contributed by atoms with E-state index in [-0.39, 0.29) is 6.42 Å². The van der Waals surface area contributed by atoms with Gasteiger partial charge in [0, 0.05) is 24.9 Å². The van der Waals surface area contributed by atoms with E-state index in [2.05, 4.69) is 19.9 Å². The van der Waals surface area contributed by atoms with Gasteiger partial charge in [-0.1, -0.05) is 0 Å². The lowest BCUT2D eigenvalue weighted by Crippen LogP contribution is -2.37. The molecule has 19 heavy (non-hydrogen) atoms. The molecule has 2 fully saturated rings. The predicted molar refractivity (Wildman–Crippen MR) is 65.1 cm³/mol. The van der Waals surface area contributed by atoms with Crippen LogP contribution in [0.15, 0.2) is 12.7 Å². The van der Waals surface area contributed by atoms with Crippen molar-refractivity contribution in [2.24, 2.45) is 5.41 Å². The number of hydrogen-bond donors (Lipinski definition) is 1. The first-order chi connectivity index (χ1) is 9.11. The van der Waals surface area contributed by atoms with Gasteiger partial charge in [-0.25, -0.2) is 23.7 Å². The van der Waals surface area contributed by atoms with Crippen molar-refractivity contribution in [2.75, 3.05) is 18.0 Å². The quantitative estimate of drug-likeness (QED) is 0.856. The molecule has 4 rings (SSSR count). The Morgan fingerprint density at radius 3 is 2.58 bits per heavy atom. The molecule has 1 saturated heterocycles. The molecule has 0 unspecified atom stereocenters. The molecule has 3 heterocycles. The first kappa shape index (κ1) is 11.1. The van der Waals surface area contributed by atoms with Crippen molar-refractivity contribution in [1.82, 2.24) is 19.9 Å². The number of piperidine rings is 1. The second-order valence-electron chi connectivity index (χ2n) is 5.45. The van der Waals surface area contributed by atoms with E-state index in [9.17, 15) is 8.78 Å². The molecule has 100 valence electrons. The maximum absolute atomic E-state index is 13.3. The highest BCUT2D eigenvalue weighted by Crippen LogP contribution is 2.65. The van der Waals surface area contributed by atoms with Crippen molar-refractivity contribution in [3.63, 3.8) is 0 Å². The van der Waals surface area contributed by atoms with Crippen molar-refractivity contribution in [3.8, 4) is 0 Å². The summed E-state index contributed by atoms with van der Waals surface area (Å²) in [6.45, 7) is 1.22. The molecule has 2 aliphatic rings. The summed E-state index contributed by atoms with van der Waals surface area (Å²) in [6, 6.07) is 0. The fraction of sp³-hybridized carbons (Fsp3) is 0.583. The van der Waals surface area contributed by atoms with Crippen LogP contribution in [-0.2, 0) is 0 Å². The lowest BCUT2D eigenvalue weighted by Gasteiger charge is -2.33. The van der Waals surface area contributed by atoms with Crippen molar-refractivity contribution in [2.45, 2.75) is 25.2 Å². The number of alkyl halides is 2. The zero-order valence-electron chi connectivity index (χ0n) is 10.2. The molecule has 0 radical (unpaired) electrons. The monoisotopic (exact) mass is 265 g/mol. The minimum absolute atomic E-state index is 0.0527. The van der Waals surface area contributed by atoms with Crippen LogP contribution in [0.3, 0.4) is 0 Å². The second kappa shape index (κ2) is 3.40. The van der Waals surface area contributed by atoms with E-state index in [1.165, 1.54) is 6.33 Å². The van der Waals surface area contributed by atoms with Crippen LogP contribution in [0.5, 0.6) is 0 Å². The molecule has 0 bridgehead atoms. The van der Waals surface area contributed by atoms with Crippen LogP contribution in [0.2, 0.25) is 0 Å². The Kier molecular flexibility index (Phi) is 1.98. The summed E-state index contributed by atoms with van der Waals surface area (Å²) in [7, 11) is 0. The minimum atomic E-state index is -2.45. The van der Waals surface area contributed by atoms with Gasteiger partial charge in [0.15, 0.2) is 11.5 Å². The molecule has 1 aliphatic carbocycles. The molecule has 0 amide bonds. The van der Waals surface area contributed by atoms with Gasteiger partial charge in [0.25, 0.3) is 5.92 Å². The van der Waals surface area contributed by atoms with E-state index >= 15 is 0 Å². The molecule has 1 spiro atoms. The number of anilines is 1. The standard InChI is InChI=1S/C12H13F2N5/c13-12(14)5-11(12)1-3-19(4-2-11)10-8-9(16-6-15-8)17-7-18-10/h6-7H,1-5H2,(H,15,16,17,18). The SMILES string of the molecule is FC1(F)CC12CCN(c1ncnc3nc[nH]c13)CC2. The predicted octanol–water partition coefficient (Wildman–Crippen LogP) is 1.98. The van der Waals surface area contributed by atoms with Gasteiger partial charge < -0.3 is 9.88 Å². The van der Waals surface area contributed by atoms with Crippen LogP contribution in [0.25, 0.3) is 11.2 Å². The number of hydrogen-bond acceptors (Lipinski definition) is 4. The Morgan fingerprint density at radius 2 is 1.89 bits per heavy atom. The lowest BCUT2D eigenvalue weighted by molar-refractivity contribution is 0.0537. The molecule has 2 aromatic heterocycles. The number of aromatic amines is 1. The lowest BCUT2D eigenvalue weighted by atomic mass is 9.93. The zero-order valence-corrected chi connectivity index (χ0v) is 10.2. The number of halogens is 2. The number of nitrogens with zero attached hydrogens (tertiary/aromatic N) is 4. The van der Waals surface area contributed by atoms with Gasteiger partial charge in [0.2, 0.25) is 0 Å². The van der Waals surface area contributed by atoms with Gasteiger partial charge in [-0.3, -0.25) is 0 Å². The van der Waals surface area contributed by atoms with E-state index in [1.54, 1.807) is 6.33 Å². The first-order valence-electron chi connectivity index (χ1n) is 6.38. The Bertz CT molecular complexity index is 630. The Hall–Kier alpha value is -1.79. The summed E-state index contributed by atoms with van der Waals surface area (Å²) < 4.78 is 26.7. The molecule has 5 nitrogen and oxygen atoms in total. The summed E-state index contributed by atoms with van der Waals surface area (Å²) in [5.74, 6) is -1.69. The summed E-state index contributed by atoms with van der Waals surface area (Å²) in [5, 5.41) is 0. The summed E-state index contributed by atoms with van der Waals surface area (Å²) in [6.07, 6.45) is 4.15.